The van der Waals surface area contributed by atoms with Crippen LogP contribution in [0.5, 0.6) is 0 Å². The Hall–Kier alpha value is -2.04. The summed E-state index contributed by atoms with van der Waals surface area (Å²) >= 11 is 0. The van der Waals surface area contributed by atoms with E-state index in [4.69, 9.17) is 9.84 Å². The fraction of sp³-hybridized carbons (Fsp3) is 0.529. The van der Waals surface area contributed by atoms with E-state index >= 15 is 0 Å². The molecule has 1 saturated heterocycles. The molecule has 1 N–H and O–H groups in total. The van der Waals surface area contributed by atoms with Crippen molar-refractivity contribution in [3.8, 4) is 0 Å². The van der Waals surface area contributed by atoms with Gasteiger partial charge in [0.1, 0.15) is 5.60 Å². The van der Waals surface area contributed by atoms with Crippen LogP contribution in [0.3, 0.4) is 0 Å². The summed E-state index contributed by atoms with van der Waals surface area (Å²) in [5.74, 6) is -0.569. The van der Waals surface area contributed by atoms with Crippen LogP contribution in [0.1, 0.15) is 43.1 Å². The smallest absolute Gasteiger partial charge is 0.410 e. The second kappa shape index (κ2) is 6.38. The van der Waals surface area contributed by atoms with E-state index in [0.717, 1.165) is 18.4 Å². The molecule has 22 heavy (non-hydrogen) atoms. The molecule has 0 aromatic heterocycles. The fourth-order valence-corrected chi connectivity index (χ4v) is 2.66. The van der Waals surface area contributed by atoms with Crippen LogP contribution in [0.2, 0.25) is 0 Å². The van der Waals surface area contributed by atoms with Crippen LogP contribution in [-0.4, -0.2) is 40.8 Å². The van der Waals surface area contributed by atoms with Gasteiger partial charge in [-0.15, -0.1) is 0 Å². The maximum absolute atomic E-state index is 12.0. The largest absolute Gasteiger partial charge is 0.478 e. The highest BCUT2D eigenvalue weighted by molar-refractivity contribution is 5.87. The van der Waals surface area contributed by atoms with Crippen molar-refractivity contribution in [2.45, 2.75) is 39.2 Å². The third kappa shape index (κ3) is 4.48. The zero-order chi connectivity index (χ0) is 16.3. The van der Waals surface area contributed by atoms with Gasteiger partial charge in [0, 0.05) is 13.1 Å². The van der Waals surface area contributed by atoms with Crippen molar-refractivity contribution in [1.82, 2.24) is 4.90 Å². The lowest BCUT2D eigenvalue weighted by Crippen LogP contribution is -2.35. The Kier molecular flexibility index (Phi) is 4.74. The normalized spacial score (nSPS) is 18.3. The van der Waals surface area contributed by atoms with Gasteiger partial charge in [-0.3, -0.25) is 0 Å². The number of aromatic carboxylic acids is 1. The predicted molar refractivity (Wildman–Crippen MR) is 83.0 cm³/mol. The number of hydrogen-bond donors (Lipinski definition) is 1. The maximum atomic E-state index is 12.0. The molecular formula is C17H23NO4. The molecule has 1 aliphatic rings. The molecule has 1 unspecified atom stereocenters. The van der Waals surface area contributed by atoms with E-state index in [9.17, 15) is 9.59 Å². The highest BCUT2D eigenvalue weighted by atomic mass is 16.6. The number of nitrogens with zero attached hydrogens (tertiary/aromatic N) is 1. The van der Waals surface area contributed by atoms with Crippen molar-refractivity contribution in [3.05, 3.63) is 35.4 Å². The third-order valence-corrected chi connectivity index (χ3v) is 3.64. The average molecular weight is 305 g/mol. The Morgan fingerprint density at radius 2 is 2.09 bits per heavy atom. The molecule has 1 fully saturated rings. The molecule has 5 heteroatoms. The standard InChI is InChI=1S/C17H23NO4/c1-17(2,3)22-16(21)18-8-7-13(11-18)9-12-5-4-6-14(10-12)15(19)20/h4-6,10,13H,7-9,11H2,1-3H3,(H,19,20). The van der Waals surface area contributed by atoms with Gasteiger partial charge in [0.25, 0.3) is 0 Å². The van der Waals surface area contributed by atoms with E-state index < -0.39 is 11.6 Å². The fourth-order valence-electron chi connectivity index (χ4n) is 2.66. The third-order valence-electron chi connectivity index (χ3n) is 3.64. The Bertz CT molecular complexity index is 562. The first kappa shape index (κ1) is 16.3. The summed E-state index contributed by atoms with van der Waals surface area (Å²) in [4.78, 5) is 24.8. The van der Waals surface area contributed by atoms with Gasteiger partial charge in [-0.2, -0.15) is 0 Å². The molecule has 1 aromatic rings. The molecule has 2 rings (SSSR count). The molecule has 1 aliphatic heterocycles. The Balaban J connectivity index is 1.92. The minimum absolute atomic E-state index is 0.269. The van der Waals surface area contributed by atoms with E-state index in [1.807, 2.05) is 26.8 Å². The molecular weight excluding hydrogens is 282 g/mol. The minimum atomic E-state index is -0.913. The number of likely N-dealkylation sites (tertiary alicyclic amines) is 1. The highest BCUT2D eigenvalue weighted by Gasteiger charge is 2.29. The molecule has 0 spiro atoms. The number of carbonyl (C=O) groups is 2. The van der Waals surface area contributed by atoms with Crippen molar-refractivity contribution in [2.75, 3.05) is 13.1 Å². The SMILES string of the molecule is CC(C)(C)OC(=O)N1CCC(Cc2cccc(C(=O)O)c2)C1. The van der Waals surface area contributed by atoms with Crippen LogP contribution in [0, 0.1) is 5.92 Å². The van der Waals surface area contributed by atoms with E-state index in [1.54, 1.807) is 23.1 Å². The number of hydrogen-bond acceptors (Lipinski definition) is 3. The van der Waals surface area contributed by atoms with Crippen molar-refractivity contribution in [1.29, 1.82) is 0 Å². The van der Waals surface area contributed by atoms with Gasteiger partial charge in [0.05, 0.1) is 5.56 Å². The zero-order valence-corrected chi connectivity index (χ0v) is 13.3. The predicted octanol–water partition coefficient (Wildman–Crippen LogP) is 3.18. The second-order valence-electron chi connectivity index (χ2n) is 6.79. The Morgan fingerprint density at radius 3 is 2.73 bits per heavy atom. The number of amides is 1. The van der Waals surface area contributed by atoms with Gasteiger partial charge in [0.15, 0.2) is 0 Å². The van der Waals surface area contributed by atoms with Crippen molar-refractivity contribution >= 4 is 12.1 Å². The number of benzene rings is 1. The molecule has 1 aromatic carbocycles. The number of carboxylic acids is 1. The first-order chi connectivity index (χ1) is 10.2. The molecule has 0 bridgehead atoms. The summed E-state index contributed by atoms with van der Waals surface area (Å²) in [6.07, 6.45) is 1.42. The van der Waals surface area contributed by atoms with Crippen molar-refractivity contribution in [3.63, 3.8) is 0 Å². The molecule has 1 atom stereocenters. The van der Waals surface area contributed by atoms with Crippen molar-refractivity contribution in [2.24, 2.45) is 5.92 Å². The van der Waals surface area contributed by atoms with Gasteiger partial charge >= 0.3 is 12.1 Å². The van der Waals surface area contributed by atoms with E-state index in [-0.39, 0.29) is 6.09 Å². The van der Waals surface area contributed by atoms with Crippen molar-refractivity contribution < 1.29 is 19.4 Å². The Labute approximate surface area is 130 Å². The van der Waals surface area contributed by atoms with Gasteiger partial charge in [0.2, 0.25) is 0 Å². The summed E-state index contributed by atoms with van der Waals surface area (Å²) < 4.78 is 5.38. The molecule has 0 aliphatic carbocycles. The van der Waals surface area contributed by atoms with Crippen LogP contribution >= 0.6 is 0 Å². The second-order valence-corrected chi connectivity index (χ2v) is 6.79. The number of carbonyl (C=O) groups excluding carboxylic acids is 1. The molecule has 0 radical (unpaired) electrons. The summed E-state index contributed by atoms with van der Waals surface area (Å²) in [6, 6.07) is 6.99. The van der Waals surface area contributed by atoms with Crippen LogP contribution in [-0.2, 0) is 11.2 Å². The van der Waals surface area contributed by atoms with Gasteiger partial charge in [-0.05, 0) is 57.2 Å². The number of carboxylic acid groups (broad SMARTS) is 1. The minimum Gasteiger partial charge on any atom is -0.478 e. The molecule has 1 heterocycles. The van der Waals surface area contributed by atoms with Crippen LogP contribution in [0.4, 0.5) is 4.79 Å². The van der Waals surface area contributed by atoms with Gasteiger partial charge < -0.3 is 14.7 Å². The van der Waals surface area contributed by atoms with E-state index in [1.165, 1.54) is 0 Å². The van der Waals surface area contributed by atoms with E-state index in [2.05, 4.69) is 0 Å². The summed E-state index contributed by atoms with van der Waals surface area (Å²) in [7, 11) is 0. The monoisotopic (exact) mass is 305 g/mol. The molecule has 5 nitrogen and oxygen atoms in total. The molecule has 0 saturated carbocycles. The van der Waals surface area contributed by atoms with Crippen LogP contribution in [0.15, 0.2) is 24.3 Å². The summed E-state index contributed by atoms with van der Waals surface area (Å²) in [5.41, 5.74) is 0.820. The maximum Gasteiger partial charge on any atom is 0.410 e. The lowest BCUT2D eigenvalue weighted by atomic mass is 9.97. The number of ether oxygens (including phenoxy) is 1. The topological polar surface area (TPSA) is 66.8 Å². The van der Waals surface area contributed by atoms with Crippen LogP contribution in [0.25, 0.3) is 0 Å². The van der Waals surface area contributed by atoms with Crippen LogP contribution < -0.4 is 0 Å². The van der Waals surface area contributed by atoms with Gasteiger partial charge in [-0.1, -0.05) is 12.1 Å². The lowest BCUT2D eigenvalue weighted by Gasteiger charge is -2.24. The quantitative estimate of drug-likeness (QED) is 0.931. The van der Waals surface area contributed by atoms with Gasteiger partial charge in [-0.25, -0.2) is 9.59 Å². The highest BCUT2D eigenvalue weighted by Crippen LogP contribution is 2.23. The summed E-state index contributed by atoms with van der Waals surface area (Å²) in [5, 5.41) is 9.02. The lowest BCUT2D eigenvalue weighted by molar-refractivity contribution is 0.0288. The number of rotatable bonds is 3. The molecule has 1 amide bonds. The average Bonchev–Trinajstić information content (AvgIpc) is 2.85. The first-order valence-electron chi connectivity index (χ1n) is 7.55. The first-order valence-corrected chi connectivity index (χ1v) is 7.55. The zero-order valence-electron chi connectivity index (χ0n) is 13.3. The van der Waals surface area contributed by atoms with E-state index in [0.29, 0.717) is 24.6 Å². The Morgan fingerprint density at radius 1 is 1.36 bits per heavy atom. The molecule has 120 valence electrons. The summed E-state index contributed by atoms with van der Waals surface area (Å²) in [6.45, 7) is 6.92.